The fourth-order valence-corrected chi connectivity index (χ4v) is 5.25. The molecule has 0 atom stereocenters. The van der Waals surface area contributed by atoms with Crippen LogP contribution in [-0.4, -0.2) is 63.1 Å². The van der Waals surface area contributed by atoms with Crippen LogP contribution in [0.4, 0.5) is 0 Å². The van der Waals surface area contributed by atoms with Gasteiger partial charge in [-0.05, 0) is 31.2 Å². The highest BCUT2D eigenvalue weighted by Gasteiger charge is 2.20. The largest absolute Gasteiger partial charge is 0.486 e. The minimum absolute atomic E-state index is 0.0684. The molecule has 3 aromatic rings. The number of ether oxygens (including phenoxy) is 3. The number of carbonyl (C=O) groups excluding carboxylic acids is 2. The molecule has 0 saturated carbocycles. The molecule has 0 N–H and O–H groups in total. The zero-order valence-corrected chi connectivity index (χ0v) is 20.4. The number of rotatable bonds is 6. The first-order valence-corrected chi connectivity index (χ1v) is 12.7. The summed E-state index contributed by atoms with van der Waals surface area (Å²) < 4.78 is 44.4. The summed E-state index contributed by atoms with van der Waals surface area (Å²) in [6.45, 7) is 2.64. The normalized spacial score (nSPS) is 13.9. The summed E-state index contributed by atoms with van der Waals surface area (Å²) >= 11 is 1.22. The fraction of sp³-hybridized carbons (Fsp3) is 0.318. The van der Waals surface area contributed by atoms with E-state index in [9.17, 15) is 18.0 Å². The Kier molecular flexibility index (Phi) is 6.73. The first kappa shape index (κ1) is 23.9. The van der Waals surface area contributed by atoms with Crippen molar-refractivity contribution in [3.63, 3.8) is 0 Å². The second-order valence-corrected chi connectivity index (χ2v) is 10.6. The summed E-state index contributed by atoms with van der Waals surface area (Å²) in [6.07, 6.45) is 0. The Hall–Kier alpha value is -3.22. The molecule has 1 aromatic heterocycles. The summed E-state index contributed by atoms with van der Waals surface area (Å²) in [7, 11) is -0.751. The third kappa shape index (κ3) is 4.69. The van der Waals surface area contributed by atoms with Crippen LogP contribution in [-0.2, 0) is 26.1 Å². The van der Waals surface area contributed by atoms with Crippen molar-refractivity contribution in [2.75, 3.05) is 33.9 Å². The van der Waals surface area contributed by atoms with E-state index in [-0.39, 0.29) is 23.6 Å². The third-order valence-electron chi connectivity index (χ3n) is 5.02. The molecule has 1 amide bonds. The van der Waals surface area contributed by atoms with Gasteiger partial charge in [-0.25, -0.2) is 12.7 Å². The van der Waals surface area contributed by atoms with Gasteiger partial charge in [-0.2, -0.15) is 4.99 Å². The highest BCUT2D eigenvalue weighted by Crippen LogP contribution is 2.35. The molecule has 10 nitrogen and oxygen atoms in total. The lowest BCUT2D eigenvalue weighted by Gasteiger charge is -2.18. The third-order valence-corrected chi connectivity index (χ3v) is 7.89. The number of sulfonamides is 1. The van der Waals surface area contributed by atoms with Gasteiger partial charge in [0.15, 0.2) is 16.3 Å². The Morgan fingerprint density at radius 1 is 1.12 bits per heavy atom. The average Bonchev–Trinajstić information content (AvgIpc) is 3.13. The number of amides is 1. The first-order chi connectivity index (χ1) is 16.2. The Balaban J connectivity index is 1.76. The van der Waals surface area contributed by atoms with Gasteiger partial charge in [-0.15, -0.1) is 0 Å². The molecule has 0 unspecified atom stereocenters. The maximum Gasteiger partial charge on any atom is 0.326 e. The predicted octanol–water partition coefficient (Wildman–Crippen LogP) is 2.03. The molecule has 12 heteroatoms. The van der Waals surface area contributed by atoms with Gasteiger partial charge in [-0.3, -0.25) is 9.59 Å². The van der Waals surface area contributed by atoms with E-state index in [4.69, 9.17) is 14.2 Å². The molecule has 2 aromatic carbocycles. The zero-order chi connectivity index (χ0) is 24.5. The Bertz CT molecular complexity index is 1420. The number of aromatic nitrogens is 1. The Labute approximate surface area is 200 Å². The molecular formula is C22H23N3O7S2. The van der Waals surface area contributed by atoms with Crippen molar-refractivity contribution in [1.82, 2.24) is 8.87 Å². The fourth-order valence-electron chi connectivity index (χ4n) is 3.31. The average molecular weight is 506 g/mol. The van der Waals surface area contributed by atoms with E-state index in [2.05, 4.69) is 4.99 Å². The zero-order valence-electron chi connectivity index (χ0n) is 18.8. The topological polar surface area (TPSA) is 117 Å². The van der Waals surface area contributed by atoms with Crippen LogP contribution in [0.3, 0.4) is 0 Å². The lowest BCUT2D eigenvalue weighted by Crippen LogP contribution is -2.23. The van der Waals surface area contributed by atoms with Crippen LogP contribution < -0.4 is 14.3 Å². The van der Waals surface area contributed by atoms with Gasteiger partial charge in [0, 0.05) is 31.8 Å². The van der Waals surface area contributed by atoms with E-state index < -0.39 is 21.9 Å². The SMILES string of the molecule is CCOC(=O)Cn1c(=NC(=O)c2ccc(S(=O)(=O)N(C)C)cc2)sc2cc3c(cc21)OCCO3. The number of carbonyl (C=O) groups is 2. The monoisotopic (exact) mass is 505 g/mol. The van der Waals surface area contributed by atoms with Crippen LogP contribution in [0.2, 0.25) is 0 Å². The van der Waals surface area contributed by atoms with Crippen molar-refractivity contribution in [2.24, 2.45) is 4.99 Å². The molecule has 0 bridgehead atoms. The Morgan fingerprint density at radius 3 is 2.38 bits per heavy atom. The van der Waals surface area contributed by atoms with Gasteiger partial charge >= 0.3 is 5.97 Å². The second kappa shape index (κ2) is 9.57. The highest BCUT2D eigenvalue weighted by atomic mass is 32.2. The number of hydrogen-bond donors (Lipinski definition) is 0. The maximum absolute atomic E-state index is 12.9. The van der Waals surface area contributed by atoms with Crippen LogP contribution in [0.1, 0.15) is 17.3 Å². The smallest absolute Gasteiger partial charge is 0.326 e. The van der Waals surface area contributed by atoms with E-state index in [0.717, 1.165) is 9.01 Å². The highest BCUT2D eigenvalue weighted by molar-refractivity contribution is 7.89. The molecule has 2 heterocycles. The molecule has 0 saturated heterocycles. The van der Waals surface area contributed by atoms with Gasteiger partial charge in [0.05, 0.1) is 21.7 Å². The van der Waals surface area contributed by atoms with E-state index >= 15 is 0 Å². The van der Waals surface area contributed by atoms with Crippen molar-refractivity contribution in [2.45, 2.75) is 18.4 Å². The van der Waals surface area contributed by atoms with Crippen molar-refractivity contribution < 1.29 is 32.2 Å². The van der Waals surface area contributed by atoms with Crippen molar-refractivity contribution in [3.8, 4) is 11.5 Å². The lowest BCUT2D eigenvalue weighted by molar-refractivity contribution is -0.143. The van der Waals surface area contributed by atoms with E-state index in [0.29, 0.717) is 35.0 Å². The summed E-state index contributed by atoms with van der Waals surface area (Å²) in [4.78, 5) is 29.7. The van der Waals surface area contributed by atoms with Crippen molar-refractivity contribution >= 4 is 43.5 Å². The maximum atomic E-state index is 12.9. The molecule has 0 spiro atoms. The molecule has 0 radical (unpaired) electrons. The molecule has 34 heavy (non-hydrogen) atoms. The number of benzene rings is 2. The minimum Gasteiger partial charge on any atom is -0.486 e. The second-order valence-electron chi connectivity index (χ2n) is 7.47. The predicted molar refractivity (Wildman–Crippen MR) is 125 cm³/mol. The number of fused-ring (bicyclic) bond motifs is 2. The first-order valence-electron chi connectivity index (χ1n) is 10.4. The van der Waals surface area contributed by atoms with Crippen LogP contribution in [0.5, 0.6) is 11.5 Å². The Morgan fingerprint density at radius 2 is 1.76 bits per heavy atom. The van der Waals surface area contributed by atoms with Crippen LogP contribution in [0, 0.1) is 0 Å². The van der Waals surface area contributed by atoms with Gasteiger partial charge < -0.3 is 18.8 Å². The standard InChI is InChI=1S/C22H23N3O7S2/c1-4-30-20(26)13-25-16-11-17-18(32-10-9-31-17)12-19(16)33-22(25)23-21(27)14-5-7-15(8-6-14)34(28,29)24(2)3/h5-8,11-12H,4,9-10,13H2,1-3H3. The van der Waals surface area contributed by atoms with Crippen LogP contribution >= 0.6 is 11.3 Å². The van der Waals surface area contributed by atoms with E-state index in [1.54, 1.807) is 23.6 Å². The summed E-state index contributed by atoms with van der Waals surface area (Å²) in [5.41, 5.74) is 0.866. The lowest BCUT2D eigenvalue weighted by atomic mass is 10.2. The number of hydrogen-bond acceptors (Lipinski definition) is 8. The molecule has 0 fully saturated rings. The summed E-state index contributed by atoms with van der Waals surface area (Å²) in [5, 5.41) is 0. The number of nitrogens with zero attached hydrogens (tertiary/aromatic N) is 3. The van der Waals surface area contributed by atoms with Crippen molar-refractivity contribution in [1.29, 1.82) is 0 Å². The van der Waals surface area contributed by atoms with Crippen LogP contribution in [0.15, 0.2) is 46.3 Å². The molecule has 1 aliphatic heterocycles. The summed E-state index contributed by atoms with van der Waals surface area (Å²) in [5.74, 6) is 0.0861. The van der Waals surface area contributed by atoms with Gasteiger partial charge in [-0.1, -0.05) is 11.3 Å². The van der Waals surface area contributed by atoms with Crippen molar-refractivity contribution in [3.05, 3.63) is 46.8 Å². The number of thiazole rings is 1. The van der Waals surface area contributed by atoms with Gasteiger partial charge in [0.2, 0.25) is 10.0 Å². The molecule has 180 valence electrons. The summed E-state index contributed by atoms with van der Waals surface area (Å²) in [6, 6.07) is 9.08. The molecule has 1 aliphatic rings. The molecule has 0 aliphatic carbocycles. The van der Waals surface area contributed by atoms with E-state index in [1.807, 2.05) is 0 Å². The minimum atomic E-state index is -3.62. The van der Waals surface area contributed by atoms with E-state index in [1.165, 1.54) is 49.7 Å². The van der Waals surface area contributed by atoms with Crippen LogP contribution in [0.25, 0.3) is 10.2 Å². The molecule has 4 rings (SSSR count). The molecular weight excluding hydrogens is 482 g/mol. The quantitative estimate of drug-likeness (QED) is 0.471. The van der Waals surface area contributed by atoms with Gasteiger partial charge in [0.1, 0.15) is 19.8 Å². The van der Waals surface area contributed by atoms with Gasteiger partial charge in [0.25, 0.3) is 5.91 Å². The number of esters is 1.